The molecule has 3 aromatic heterocycles. The number of nitrogens with one attached hydrogen (secondary N) is 2. The standard InChI is InChI=1S/C27H22Cl2F7N9O2/c1-12-8-15(28)9-17(22(46)38-13(2)14-5-6-14)20(12)39-23(47)19-10-16(41-45(19)21-18(29)4-3-7-37-21)11-44-42-24(40-43-44)25(30,26(31,32)33)27(34,35)36/h3-4,7-10,13-14H,5-6,11H2,1-2H3,(H,38,46)(H,39,47). The van der Waals surface area contributed by atoms with Gasteiger partial charge in [0, 0.05) is 17.3 Å². The average molecular weight is 708 g/mol. The van der Waals surface area contributed by atoms with Crippen molar-refractivity contribution in [3.05, 3.63) is 74.9 Å². The second kappa shape index (κ2) is 12.4. The van der Waals surface area contributed by atoms with E-state index < -0.39 is 42.2 Å². The number of aryl methyl sites for hydroxylation is 1. The van der Waals surface area contributed by atoms with Crippen molar-refractivity contribution in [2.45, 2.75) is 57.3 Å². The molecular weight excluding hydrogens is 686 g/mol. The van der Waals surface area contributed by atoms with Crippen LogP contribution in [0.4, 0.5) is 36.4 Å². The van der Waals surface area contributed by atoms with Gasteiger partial charge in [0.1, 0.15) is 12.2 Å². The molecule has 0 radical (unpaired) electrons. The number of hydrogen-bond acceptors (Lipinski definition) is 7. The highest BCUT2D eigenvalue weighted by molar-refractivity contribution is 6.32. The van der Waals surface area contributed by atoms with Gasteiger partial charge >= 0.3 is 18.0 Å². The molecule has 1 atom stereocenters. The lowest BCUT2D eigenvalue weighted by atomic mass is 10.1. The molecule has 0 aliphatic heterocycles. The molecule has 0 bridgehead atoms. The summed E-state index contributed by atoms with van der Waals surface area (Å²) in [5.74, 6) is -3.42. The van der Waals surface area contributed by atoms with Gasteiger partial charge in [0.05, 0.1) is 22.0 Å². The van der Waals surface area contributed by atoms with Crippen molar-refractivity contribution < 1.29 is 40.3 Å². The van der Waals surface area contributed by atoms with E-state index in [1.165, 1.54) is 30.5 Å². The van der Waals surface area contributed by atoms with Crippen LogP contribution < -0.4 is 10.6 Å². The molecule has 4 aromatic rings. The quantitative estimate of drug-likeness (QED) is 0.204. The minimum atomic E-state index is -6.45. The Balaban J connectivity index is 1.50. The highest BCUT2D eigenvalue weighted by atomic mass is 35.5. The van der Waals surface area contributed by atoms with E-state index in [2.05, 4.69) is 36.1 Å². The van der Waals surface area contributed by atoms with Crippen LogP contribution in [0.3, 0.4) is 0 Å². The molecule has 0 saturated heterocycles. The van der Waals surface area contributed by atoms with Gasteiger partial charge in [0.25, 0.3) is 11.8 Å². The third-order valence-corrected chi connectivity index (χ3v) is 7.76. The van der Waals surface area contributed by atoms with Crippen LogP contribution >= 0.6 is 23.2 Å². The van der Waals surface area contributed by atoms with E-state index in [4.69, 9.17) is 23.2 Å². The predicted molar refractivity (Wildman–Crippen MR) is 152 cm³/mol. The number of rotatable bonds is 9. The summed E-state index contributed by atoms with van der Waals surface area (Å²) in [4.78, 5) is 31.3. The molecule has 1 aliphatic carbocycles. The largest absolute Gasteiger partial charge is 0.439 e. The lowest BCUT2D eigenvalue weighted by Gasteiger charge is -2.26. The first-order chi connectivity index (χ1) is 21.9. The zero-order valence-corrected chi connectivity index (χ0v) is 25.6. The second-order valence-electron chi connectivity index (χ2n) is 10.7. The summed E-state index contributed by atoms with van der Waals surface area (Å²) in [5.41, 5.74) is -5.81. The van der Waals surface area contributed by atoms with Gasteiger partial charge in [-0.1, -0.05) is 23.2 Å². The van der Waals surface area contributed by atoms with E-state index in [-0.39, 0.29) is 49.3 Å². The Morgan fingerprint density at radius 1 is 1.02 bits per heavy atom. The van der Waals surface area contributed by atoms with E-state index in [9.17, 15) is 40.3 Å². The lowest BCUT2D eigenvalue weighted by Crippen LogP contribution is -2.51. The van der Waals surface area contributed by atoms with Crippen LogP contribution in [0.2, 0.25) is 10.0 Å². The molecule has 3 heterocycles. The summed E-state index contributed by atoms with van der Waals surface area (Å²) in [6.07, 6.45) is -9.66. The molecule has 0 spiro atoms. The summed E-state index contributed by atoms with van der Waals surface area (Å²) in [5, 5.41) is 18.7. The predicted octanol–water partition coefficient (Wildman–Crippen LogP) is 5.99. The van der Waals surface area contributed by atoms with E-state index in [1.54, 1.807) is 6.92 Å². The normalized spacial score (nSPS) is 14.6. The van der Waals surface area contributed by atoms with Gasteiger partial charge in [0.15, 0.2) is 5.82 Å². The fourth-order valence-corrected chi connectivity index (χ4v) is 5.11. The number of halogens is 9. The summed E-state index contributed by atoms with van der Waals surface area (Å²) < 4.78 is 94.4. The fraction of sp³-hybridized carbons (Fsp3) is 0.370. The topological polar surface area (TPSA) is 133 Å². The SMILES string of the molecule is Cc1cc(Cl)cc(C(=O)NC(C)C2CC2)c1NC(=O)c1cc(Cn2nnc(C(F)(C(F)(F)F)C(F)(F)F)n2)nn1-c1ncccc1Cl. The summed E-state index contributed by atoms with van der Waals surface area (Å²) in [7, 11) is 0. The number of carbonyl (C=O) groups excluding carboxylic acids is 2. The van der Waals surface area contributed by atoms with Crippen molar-refractivity contribution in [1.29, 1.82) is 0 Å². The monoisotopic (exact) mass is 707 g/mol. The molecule has 1 unspecified atom stereocenters. The number of carbonyl (C=O) groups is 2. The number of tetrazole rings is 1. The minimum Gasteiger partial charge on any atom is -0.349 e. The maximum atomic E-state index is 14.4. The molecule has 250 valence electrons. The van der Waals surface area contributed by atoms with Crippen molar-refractivity contribution in [1.82, 2.24) is 40.3 Å². The molecule has 5 rings (SSSR count). The Hall–Kier alpha value is -4.32. The second-order valence-corrected chi connectivity index (χ2v) is 11.6. The molecule has 1 saturated carbocycles. The Morgan fingerprint density at radius 3 is 2.32 bits per heavy atom. The number of amides is 2. The molecule has 47 heavy (non-hydrogen) atoms. The maximum absolute atomic E-state index is 14.4. The van der Waals surface area contributed by atoms with Crippen molar-refractivity contribution in [3.8, 4) is 5.82 Å². The van der Waals surface area contributed by atoms with Crippen LogP contribution in [0.15, 0.2) is 36.5 Å². The molecule has 11 nitrogen and oxygen atoms in total. The first-order valence-electron chi connectivity index (χ1n) is 13.6. The van der Waals surface area contributed by atoms with Crippen molar-refractivity contribution in [2.75, 3.05) is 5.32 Å². The molecular formula is C27H22Cl2F7N9O2. The van der Waals surface area contributed by atoms with Gasteiger partial charge in [-0.2, -0.15) is 36.2 Å². The molecule has 2 N–H and O–H groups in total. The Labute approximate surface area is 270 Å². The molecule has 1 aliphatic rings. The Morgan fingerprint density at radius 2 is 1.70 bits per heavy atom. The summed E-state index contributed by atoms with van der Waals surface area (Å²) >= 11 is 12.5. The van der Waals surface area contributed by atoms with Crippen LogP contribution in [0.25, 0.3) is 5.82 Å². The zero-order chi connectivity index (χ0) is 34.5. The fourth-order valence-electron chi connectivity index (χ4n) is 4.64. The zero-order valence-electron chi connectivity index (χ0n) is 24.1. The molecule has 1 aromatic carbocycles. The van der Waals surface area contributed by atoms with Crippen LogP contribution in [0.5, 0.6) is 0 Å². The number of anilines is 1. The van der Waals surface area contributed by atoms with E-state index in [0.29, 0.717) is 11.5 Å². The van der Waals surface area contributed by atoms with Crippen LogP contribution in [-0.4, -0.2) is 65.2 Å². The number of nitrogens with zero attached hydrogens (tertiary/aromatic N) is 7. The number of aromatic nitrogens is 7. The maximum Gasteiger partial charge on any atom is 0.439 e. The molecule has 1 fully saturated rings. The number of hydrogen-bond donors (Lipinski definition) is 2. The summed E-state index contributed by atoms with van der Waals surface area (Å²) in [6, 6.07) is 6.74. The highest BCUT2D eigenvalue weighted by Gasteiger charge is 2.76. The van der Waals surface area contributed by atoms with Crippen LogP contribution in [0.1, 0.15) is 57.7 Å². The smallest absolute Gasteiger partial charge is 0.349 e. The van der Waals surface area contributed by atoms with Crippen LogP contribution in [-0.2, 0) is 12.2 Å². The van der Waals surface area contributed by atoms with Crippen molar-refractivity contribution in [2.24, 2.45) is 5.92 Å². The van der Waals surface area contributed by atoms with Crippen LogP contribution in [0, 0.1) is 12.8 Å². The van der Waals surface area contributed by atoms with Gasteiger partial charge in [-0.05, 0) is 73.7 Å². The van der Waals surface area contributed by atoms with Gasteiger partial charge in [0.2, 0.25) is 5.82 Å². The third kappa shape index (κ3) is 6.74. The molecule has 2 amide bonds. The minimum absolute atomic E-state index is 0.00624. The van der Waals surface area contributed by atoms with E-state index in [1.807, 2.05) is 6.92 Å². The number of pyridine rings is 1. The first-order valence-corrected chi connectivity index (χ1v) is 14.4. The third-order valence-electron chi connectivity index (χ3n) is 7.25. The van der Waals surface area contributed by atoms with Crippen molar-refractivity contribution in [3.63, 3.8) is 0 Å². The lowest BCUT2D eigenvalue weighted by molar-refractivity contribution is -0.351. The summed E-state index contributed by atoms with van der Waals surface area (Å²) in [6.45, 7) is 2.69. The van der Waals surface area contributed by atoms with E-state index >= 15 is 0 Å². The van der Waals surface area contributed by atoms with Gasteiger partial charge < -0.3 is 10.6 Å². The number of benzene rings is 1. The van der Waals surface area contributed by atoms with Crippen molar-refractivity contribution >= 4 is 40.7 Å². The number of alkyl halides is 7. The van der Waals surface area contributed by atoms with Gasteiger partial charge in [-0.3, -0.25) is 9.59 Å². The average Bonchev–Trinajstić information content (AvgIpc) is 3.59. The Bertz CT molecular complexity index is 1820. The van der Waals surface area contributed by atoms with Gasteiger partial charge in [-0.25, -0.2) is 14.1 Å². The highest BCUT2D eigenvalue weighted by Crippen LogP contribution is 2.51. The van der Waals surface area contributed by atoms with Gasteiger partial charge in [-0.15, -0.1) is 10.2 Å². The van der Waals surface area contributed by atoms with E-state index in [0.717, 1.165) is 23.6 Å². The first kappa shape index (κ1) is 34.0. The molecule has 20 heteroatoms. The Kier molecular flexibility index (Phi) is 8.95.